The Hall–Kier alpha value is -1.13. The lowest BCUT2D eigenvalue weighted by atomic mass is 9.56. The molecule has 0 spiro atoms. The molecule has 0 aliphatic heterocycles. The van der Waals surface area contributed by atoms with Crippen molar-refractivity contribution in [3.63, 3.8) is 0 Å². The molecule has 0 bridgehead atoms. The van der Waals surface area contributed by atoms with Crippen LogP contribution in [-0.4, -0.2) is 33.5 Å². The second-order valence-corrected chi connectivity index (χ2v) is 9.66. The maximum atomic E-state index is 11.9. The molecule has 0 aromatic carbocycles. The maximum absolute atomic E-state index is 11.9. The molecule has 0 aromatic heterocycles. The Morgan fingerprint density at radius 2 is 1.92 bits per heavy atom. The molecule has 5 atom stereocenters. The van der Waals surface area contributed by atoms with E-state index in [-0.39, 0.29) is 17.3 Å². The number of rotatable bonds is 2. The summed E-state index contributed by atoms with van der Waals surface area (Å²) in [6.07, 6.45) is 5.88. The summed E-state index contributed by atoms with van der Waals surface area (Å²) in [6.45, 7) is 13.8. The average molecular weight is 363 g/mol. The molecule has 0 radical (unpaired) electrons. The van der Waals surface area contributed by atoms with E-state index in [9.17, 15) is 15.0 Å². The van der Waals surface area contributed by atoms with Crippen molar-refractivity contribution in [2.24, 2.45) is 16.7 Å². The lowest BCUT2D eigenvalue weighted by Crippen LogP contribution is -2.57. The zero-order valence-electron chi connectivity index (χ0n) is 16.9. The highest BCUT2D eigenvalue weighted by molar-refractivity contribution is 5.66. The lowest BCUT2D eigenvalue weighted by molar-refractivity contribution is -0.167. The highest BCUT2D eigenvalue weighted by Gasteiger charge is 2.63. The van der Waals surface area contributed by atoms with Crippen LogP contribution in [0, 0.1) is 16.7 Å². The van der Waals surface area contributed by atoms with Crippen LogP contribution < -0.4 is 0 Å². The summed E-state index contributed by atoms with van der Waals surface area (Å²) >= 11 is 0. The Kier molecular flexibility index (Phi) is 4.48. The Morgan fingerprint density at radius 3 is 2.50 bits per heavy atom. The number of fused-ring (bicyclic) bond motifs is 2. The van der Waals surface area contributed by atoms with Crippen LogP contribution in [0.1, 0.15) is 73.1 Å². The van der Waals surface area contributed by atoms with Crippen molar-refractivity contribution in [3.05, 3.63) is 23.8 Å². The maximum Gasteiger partial charge on any atom is 0.303 e. The van der Waals surface area contributed by atoms with E-state index in [4.69, 9.17) is 4.74 Å². The van der Waals surface area contributed by atoms with Gasteiger partial charge in [-0.3, -0.25) is 4.79 Å². The topological polar surface area (TPSA) is 66.8 Å². The van der Waals surface area contributed by atoms with Crippen molar-refractivity contribution in [2.45, 2.75) is 90.4 Å². The number of hydrogen-bond acceptors (Lipinski definition) is 4. The van der Waals surface area contributed by atoms with Gasteiger partial charge in [-0.25, -0.2) is 0 Å². The minimum Gasteiger partial charge on any atom is -0.458 e. The van der Waals surface area contributed by atoms with E-state index >= 15 is 0 Å². The second kappa shape index (κ2) is 5.93. The predicted molar refractivity (Wildman–Crippen MR) is 101 cm³/mol. The molecule has 2 saturated carbocycles. The quantitative estimate of drug-likeness (QED) is 0.577. The van der Waals surface area contributed by atoms with Crippen molar-refractivity contribution < 1.29 is 19.7 Å². The van der Waals surface area contributed by atoms with Crippen LogP contribution in [0.2, 0.25) is 0 Å². The minimum absolute atomic E-state index is 0.0549. The van der Waals surface area contributed by atoms with Crippen LogP contribution in [0.15, 0.2) is 23.8 Å². The molecular weight excluding hydrogens is 328 g/mol. The number of ether oxygens (including phenoxy) is 1. The summed E-state index contributed by atoms with van der Waals surface area (Å²) in [6, 6.07) is 0. The van der Waals surface area contributed by atoms with E-state index < -0.39 is 22.7 Å². The zero-order chi connectivity index (χ0) is 19.5. The van der Waals surface area contributed by atoms with Crippen LogP contribution in [0.4, 0.5) is 0 Å². The van der Waals surface area contributed by atoms with Gasteiger partial charge in [0.25, 0.3) is 0 Å². The van der Waals surface area contributed by atoms with Gasteiger partial charge in [-0.1, -0.05) is 34.3 Å². The SMILES string of the molecule is C=C1CCCC2(C)C(OC(C)=O)C=C3C(C)(CCC3(O)C(C)C)CC12O. The molecule has 3 aliphatic carbocycles. The van der Waals surface area contributed by atoms with Crippen molar-refractivity contribution in [1.29, 1.82) is 0 Å². The van der Waals surface area contributed by atoms with Crippen molar-refractivity contribution in [2.75, 3.05) is 0 Å². The summed E-state index contributed by atoms with van der Waals surface area (Å²) < 4.78 is 5.76. The van der Waals surface area contributed by atoms with E-state index in [2.05, 4.69) is 13.5 Å². The summed E-state index contributed by atoms with van der Waals surface area (Å²) in [5, 5.41) is 23.4. The molecule has 3 rings (SSSR count). The van der Waals surface area contributed by atoms with Gasteiger partial charge < -0.3 is 14.9 Å². The first kappa shape index (κ1) is 19.6. The fraction of sp³-hybridized carbons (Fsp3) is 0.773. The lowest BCUT2D eigenvalue weighted by Gasteiger charge is -2.53. The summed E-state index contributed by atoms with van der Waals surface area (Å²) in [5.41, 5.74) is -1.23. The van der Waals surface area contributed by atoms with Crippen LogP contribution in [0.3, 0.4) is 0 Å². The molecule has 5 unspecified atom stereocenters. The fourth-order valence-corrected chi connectivity index (χ4v) is 5.82. The van der Waals surface area contributed by atoms with Gasteiger partial charge in [0.2, 0.25) is 0 Å². The monoisotopic (exact) mass is 362 g/mol. The second-order valence-electron chi connectivity index (χ2n) is 9.66. The molecule has 4 nitrogen and oxygen atoms in total. The standard InChI is InChI=1S/C22H34O4/c1-14(2)21(24)11-10-19(5)13-22(25)15(3)8-7-9-20(22,6)18(12-17(19)21)26-16(4)23/h12,14,18,24-25H,3,7-11,13H2,1-2,4-6H3. The third kappa shape index (κ3) is 2.52. The normalized spacial score (nSPS) is 45.6. The van der Waals surface area contributed by atoms with Gasteiger partial charge in [0, 0.05) is 12.3 Å². The highest BCUT2D eigenvalue weighted by atomic mass is 16.5. The van der Waals surface area contributed by atoms with Crippen LogP contribution in [-0.2, 0) is 9.53 Å². The fourth-order valence-electron chi connectivity index (χ4n) is 5.82. The first-order valence-corrected chi connectivity index (χ1v) is 9.92. The van der Waals surface area contributed by atoms with E-state index in [1.807, 2.05) is 26.8 Å². The van der Waals surface area contributed by atoms with Gasteiger partial charge in [-0.2, -0.15) is 0 Å². The number of esters is 1. The van der Waals surface area contributed by atoms with E-state index in [0.717, 1.165) is 36.8 Å². The number of aliphatic hydroxyl groups is 2. The molecule has 0 saturated heterocycles. The van der Waals surface area contributed by atoms with Crippen molar-refractivity contribution in [1.82, 2.24) is 0 Å². The first-order valence-electron chi connectivity index (χ1n) is 9.92. The van der Waals surface area contributed by atoms with Gasteiger partial charge in [0.1, 0.15) is 6.10 Å². The predicted octanol–water partition coefficient (Wildman–Crippen LogP) is 3.91. The molecule has 2 fully saturated rings. The number of hydrogen-bond donors (Lipinski definition) is 2. The molecule has 3 aliphatic rings. The Morgan fingerprint density at radius 1 is 1.27 bits per heavy atom. The average Bonchev–Trinajstić information content (AvgIpc) is 2.73. The van der Waals surface area contributed by atoms with Gasteiger partial charge in [-0.05, 0) is 67.1 Å². The Balaban J connectivity index is 2.22. The third-order valence-corrected chi connectivity index (χ3v) is 7.72. The first-order chi connectivity index (χ1) is 11.9. The number of carbonyl (C=O) groups is 1. The van der Waals surface area contributed by atoms with Crippen molar-refractivity contribution in [3.8, 4) is 0 Å². The molecule has 0 amide bonds. The molecule has 0 heterocycles. The summed E-state index contributed by atoms with van der Waals surface area (Å²) in [5.74, 6) is -0.305. The van der Waals surface area contributed by atoms with Crippen LogP contribution in [0.25, 0.3) is 0 Å². The Bertz CT molecular complexity index is 665. The smallest absolute Gasteiger partial charge is 0.303 e. The molecule has 4 heteroatoms. The number of carbonyl (C=O) groups excluding carboxylic acids is 1. The molecule has 26 heavy (non-hydrogen) atoms. The van der Waals surface area contributed by atoms with Gasteiger partial charge >= 0.3 is 5.97 Å². The highest BCUT2D eigenvalue weighted by Crippen LogP contribution is 2.63. The largest absolute Gasteiger partial charge is 0.458 e. The molecular formula is C22H34O4. The van der Waals surface area contributed by atoms with Crippen LogP contribution >= 0.6 is 0 Å². The molecule has 2 N–H and O–H groups in total. The van der Waals surface area contributed by atoms with Gasteiger partial charge in [-0.15, -0.1) is 0 Å². The van der Waals surface area contributed by atoms with E-state index in [0.29, 0.717) is 12.8 Å². The van der Waals surface area contributed by atoms with Gasteiger partial charge in [0.15, 0.2) is 0 Å². The van der Waals surface area contributed by atoms with E-state index in [1.54, 1.807) is 0 Å². The zero-order valence-corrected chi connectivity index (χ0v) is 16.9. The van der Waals surface area contributed by atoms with Crippen molar-refractivity contribution >= 4 is 5.97 Å². The molecule has 0 aromatic rings. The third-order valence-electron chi connectivity index (χ3n) is 7.72. The minimum atomic E-state index is -1.11. The van der Waals surface area contributed by atoms with Gasteiger partial charge in [0.05, 0.1) is 11.2 Å². The summed E-state index contributed by atoms with van der Waals surface area (Å²) in [4.78, 5) is 11.9. The summed E-state index contributed by atoms with van der Waals surface area (Å²) in [7, 11) is 0. The van der Waals surface area contributed by atoms with E-state index in [1.165, 1.54) is 6.92 Å². The van der Waals surface area contributed by atoms with Crippen LogP contribution in [0.5, 0.6) is 0 Å². The molecule has 146 valence electrons. The Labute approximate surface area is 157 Å².